The molecular weight excluding hydrogens is 542 g/mol. The SMILES string of the molecule is CCC1(CC)C(=O)N(CC(=O)Nc2ccc3c(c2)C[C@@]2(C3)C(=O)NC3=C2C=CCN3)[C@H](c2cc(F)cc(F)c2)C[C@@H]1O. The van der Waals surface area contributed by atoms with Crippen LogP contribution in [0.4, 0.5) is 14.5 Å². The fourth-order valence-corrected chi connectivity index (χ4v) is 7.27. The van der Waals surface area contributed by atoms with Gasteiger partial charge in [0.2, 0.25) is 17.7 Å². The van der Waals surface area contributed by atoms with E-state index in [9.17, 15) is 28.3 Å². The molecule has 0 radical (unpaired) electrons. The predicted octanol–water partition coefficient (Wildman–Crippen LogP) is 3.63. The molecule has 220 valence electrons. The van der Waals surface area contributed by atoms with Crippen LogP contribution in [0.1, 0.15) is 55.8 Å². The Hall–Kier alpha value is -4.05. The first kappa shape index (κ1) is 28.1. The molecule has 1 aliphatic carbocycles. The van der Waals surface area contributed by atoms with E-state index in [1.807, 2.05) is 38.1 Å². The molecule has 1 spiro atoms. The molecule has 0 unspecified atom stereocenters. The van der Waals surface area contributed by atoms with Crippen LogP contribution < -0.4 is 16.0 Å². The number of allylic oxidation sites excluding steroid dienone is 1. The maximum Gasteiger partial charge on any atom is 0.244 e. The normalized spacial score (nSPS) is 25.8. The molecule has 1 saturated heterocycles. The summed E-state index contributed by atoms with van der Waals surface area (Å²) in [5.41, 5.74) is 1.85. The summed E-state index contributed by atoms with van der Waals surface area (Å²) >= 11 is 0. The summed E-state index contributed by atoms with van der Waals surface area (Å²) < 4.78 is 28.3. The lowest BCUT2D eigenvalue weighted by molar-refractivity contribution is -0.165. The Bertz CT molecular complexity index is 1530. The van der Waals surface area contributed by atoms with Crippen molar-refractivity contribution in [2.75, 3.05) is 18.4 Å². The molecule has 2 aromatic rings. The number of halogens is 2. The zero-order valence-electron chi connectivity index (χ0n) is 23.6. The summed E-state index contributed by atoms with van der Waals surface area (Å²) in [4.78, 5) is 41.6. The maximum atomic E-state index is 14.2. The van der Waals surface area contributed by atoms with E-state index in [-0.39, 0.29) is 24.4 Å². The van der Waals surface area contributed by atoms with Crippen LogP contribution in [0.25, 0.3) is 0 Å². The van der Waals surface area contributed by atoms with Crippen molar-refractivity contribution in [1.29, 1.82) is 0 Å². The molecule has 0 saturated carbocycles. The van der Waals surface area contributed by atoms with E-state index in [4.69, 9.17) is 0 Å². The number of aliphatic hydroxyl groups is 1. The summed E-state index contributed by atoms with van der Waals surface area (Å²) in [6.45, 7) is 3.92. The van der Waals surface area contributed by atoms with Crippen molar-refractivity contribution in [2.24, 2.45) is 10.8 Å². The highest BCUT2D eigenvalue weighted by Gasteiger charge is 2.53. The van der Waals surface area contributed by atoms with Crippen molar-refractivity contribution in [3.8, 4) is 0 Å². The highest BCUT2D eigenvalue weighted by atomic mass is 19.1. The lowest BCUT2D eigenvalue weighted by Crippen LogP contribution is -2.58. The van der Waals surface area contributed by atoms with Crippen molar-refractivity contribution >= 4 is 23.4 Å². The second kappa shape index (κ2) is 10.3. The molecule has 10 heteroatoms. The number of carbonyl (C=O) groups excluding carboxylic acids is 3. The molecule has 2 aromatic carbocycles. The maximum absolute atomic E-state index is 14.2. The van der Waals surface area contributed by atoms with Crippen molar-refractivity contribution < 1.29 is 28.3 Å². The van der Waals surface area contributed by atoms with E-state index in [1.165, 1.54) is 4.90 Å². The molecule has 4 aliphatic rings. The van der Waals surface area contributed by atoms with Crippen LogP contribution in [0.15, 0.2) is 59.9 Å². The van der Waals surface area contributed by atoms with Gasteiger partial charge in [0.05, 0.1) is 23.0 Å². The minimum Gasteiger partial charge on any atom is -0.392 e. The van der Waals surface area contributed by atoms with Gasteiger partial charge < -0.3 is 26.0 Å². The largest absolute Gasteiger partial charge is 0.392 e. The topological polar surface area (TPSA) is 111 Å². The Balaban J connectivity index is 1.24. The molecule has 4 N–H and O–H groups in total. The van der Waals surface area contributed by atoms with Gasteiger partial charge in [-0.25, -0.2) is 8.78 Å². The number of aliphatic hydroxyl groups excluding tert-OH is 1. The van der Waals surface area contributed by atoms with Gasteiger partial charge in [-0.3, -0.25) is 14.4 Å². The summed E-state index contributed by atoms with van der Waals surface area (Å²) in [5.74, 6) is -1.78. The first-order valence-corrected chi connectivity index (χ1v) is 14.4. The second-order valence-corrected chi connectivity index (χ2v) is 11.8. The molecular formula is C32H34F2N4O4. The molecule has 6 rings (SSSR count). The number of anilines is 1. The van der Waals surface area contributed by atoms with E-state index in [0.29, 0.717) is 37.9 Å². The summed E-state index contributed by atoms with van der Waals surface area (Å²) in [6, 6.07) is 7.68. The molecule has 0 aromatic heterocycles. The molecule has 8 nitrogen and oxygen atoms in total. The van der Waals surface area contributed by atoms with Gasteiger partial charge in [-0.15, -0.1) is 0 Å². The molecule has 3 amide bonds. The third kappa shape index (κ3) is 4.40. The Morgan fingerprint density at radius 3 is 2.50 bits per heavy atom. The van der Waals surface area contributed by atoms with E-state index < -0.39 is 46.4 Å². The number of nitrogens with zero attached hydrogens (tertiary/aromatic N) is 1. The van der Waals surface area contributed by atoms with Gasteiger partial charge in [0.1, 0.15) is 24.0 Å². The zero-order valence-corrected chi connectivity index (χ0v) is 23.6. The first-order valence-electron chi connectivity index (χ1n) is 14.4. The van der Waals surface area contributed by atoms with Crippen LogP contribution in [0.2, 0.25) is 0 Å². The third-order valence-electron chi connectivity index (χ3n) is 9.61. The Kier molecular flexibility index (Phi) is 6.92. The van der Waals surface area contributed by atoms with Crippen molar-refractivity contribution in [3.05, 3.63) is 88.3 Å². The van der Waals surface area contributed by atoms with E-state index >= 15 is 0 Å². The molecule has 0 bridgehead atoms. The number of amides is 3. The van der Waals surface area contributed by atoms with Crippen LogP contribution in [0, 0.1) is 22.5 Å². The smallest absolute Gasteiger partial charge is 0.244 e. The highest BCUT2D eigenvalue weighted by molar-refractivity contribution is 5.97. The van der Waals surface area contributed by atoms with Crippen molar-refractivity contribution in [1.82, 2.24) is 15.5 Å². The number of nitrogens with one attached hydrogen (secondary N) is 3. The van der Waals surface area contributed by atoms with Gasteiger partial charge in [0.15, 0.2) is 0 Å². The number of fused-ring (bicyclic) bond motifs is 2. The lowest BCUT2D eigenvalue weighted by atomic mass is 9.69. The average Bonchev–Trinajstić information content (AvgIpc) is 3.47. The number of dihydropyridines is 1. The Labute approximate surface area is 242 Å². The van der Waals surface area contributed by atoms with E-state index in [1.54, 1.807) is 6.07 Å². The predicted molar refractivity (Wildman–Crippen MR) is 152 cm³/mol. The molecule has 42 heavy (non-hydrogen) atoms. The highest BCUT2D eigenvalue weighted by Crippen LogP contribution is 2.48. The number of hydrogen-bond donors (Lipinski definition) is 4. The standard InChI is InChI=1S/C32H34F2N4O4/c1-3-31(4-2)26(39)14-25(19-10-21(33)13-22(34)11-19)38(30(31)42)17-27(40)36-23-8-7-18-15-32(16-20(18)12-23)24-6-5-9-35-28(24)37-29(32)41/h5-8,10-13,25-26,35,39H,3-4,9,14-17H2,1-2H3,(H,36,40)(H,37,41)/t25-,26-,32+/m0/s1. The number of benzene rings is 2. The Morgan fingerprint density at radius 1 is 1.07 bits per heavy atom. The van der Waals surface area contributed by atoms with E-state index in [0.717, 1.165) is 40.7 Å². The van der Waals surface area contributed by atoms with Gasteiger partial charge in [-0.1, -0.05) is 32.1 Å². The minimum absolute atomic E-state index is 0.0470. The summed E-state index contributed by atoms with van der Waals surface area (Å²) in [7, 11) is 0. The number of piperidine rings is 1. The van der Waals surface area contributed by atoms with Gasteiger partial charge in [0, 0.05) is 23.9 Å². The summed E-state index contributed by atoms with van der Waals surface area (Å²) in [6.07, 6.45) is 4.77. The number of hydrogen-bond acceptors (Lipinski definition) is 5. The lowest BCUT2D eigenvalue weighted by Gasteiger charge is -2.48. The van der Waals surface area contributed by atoms with Crippen molar-refractivity contribution in [2.45, 2.75) is 58.1 Å². The molecule has 3 atom stereocenters. The fourth-order valence-electron chi connectivity index (χ4n) is 7.27. The zero-order chi connectivity index (χ0) is 29.8. The number of rotatable bonds is 6. The molecule has 3 heterocycles. The Morgan fingerprint density at radius 2 is 1.79 bits per heavy atom. The van der Waals surface area contributed by atoms with Crippen LogP contribution >= 0.6 is 0 Å². The van der Waals surface area contributed by atoms with Crippen LogP contribution in [0.5, 0.6) is 0 Å². The quantitative estimate of drug-likeness (QED) is 0.420. The van der Waals surface area contributed by atoms with Gasteiger partial charge >= 0.3 is 0 Å². The monoisotopic (exact) mass is 576 g/mol. The average molecular weight is 577 g/mol. The van der Waals surface area contributed by atoms with Gasteiger partial charge in [-0.2, -0.15) is 0 Å². The minimum atomic E-state index is -1.09. The first-order chi connectivity index (χ1) is 20.1. The molecule has 3 aliphatic heterocycles. The number of carbonyl (C=O) groups is 3. The van der Waals surface area contributed by atoms with E-state index in [2.05, 4.69) is 16.0 Å². The van der Waals surface area contributed by atoms with Gasteiger partial charge in [0.25, 0.3) is 0 Å². The fraction of sp³-hybridized carbons (Fsp3) is 0.406. The van der Waals surface area contributed by atoms with Crippen LogP contribution in [0.3, 0.4) is 0 Å². The third-order valence-corrected chi connectivity index (χ3v) is 9.61. The number of likely N-dealkylation sites (tertiary alicyclic amines) is 1. The van der Waals surface area contributed by atoms with Gasteiger partial charge in [-0.05, 0) is 73.1 Å². The van der Waals surface area contributed by atoms with Crippen LogP contribution in [-0.2, 0) is 27.2 Å². The second-order valence-electron chi connectivity index (χ2n) is 11.8. The van der Waals surface area contributed by atoms with Crippen LogP contribution in [-0.4, -0.2) is 46.9 Å². The molecule has 1 fully saturated rings. The van der Waals surface area contributed by atoms with Crippen molar-refractivity contribution in [3.63, 3.8) is 0 Å². The summed E-state index contributed by atoms with van der Waals surface area (Å²) in [5, 5.41) is 20.1.